The third-order valence-corrected chi connectivity index (χ3v) is 3.56. The molecule has 6 nitrogen and oxygen atoms in total. The monoisotopic (exact) mass is 271 g/mol. The third-order valence-electron chi connectivity index (χ3n) is 3.56. The van der Waals surface area contributed by atoms with Gasteiger partial charge >= 0.3 is 12.0 Å². The van der Waals surface area contributed by atoms with Crippen LogP contribution in [0.5, 0.6) is 0 Å². The summed E-state index contributed by atoms with van der Waals surface area (Å²) in [6.07, 6.45) is 3.73. The Labute approximate surface area is 114 Å². The van der Waals surface area contributed by atoms with E-state index >= 15 is 0 Å². The fraction of sp³-hybridized carbons (Fsp3) is 0.846. The molecule has 2 amide bonds. The number of hydrogen-bond acceptors (Lipinski definition) is 3. The Morgan fingerprint density at radius 1 is 1.32 bits per heavy atom. The van der Waals surface area contributed by atoms with E-state index in [1.807, 2.05) is 0 Å². The number of amides is 2. The van der Waals surface area contributed by atoms with Gasteiger partial charge in [-0.05, 0) is 39.8 Å². The molecule has 0 radical (unpaired) electrons. The van der Waals surface area contributed by atoms with Crippen molar-refractivity contribution in [3.05, 3.63) is 0 Å². The second kappa shape index (κ2) is 7.99. The molecular formula is C13H25N3O3. The molecule has 1 aliphatic rings. The standard InChI is InChI=1S/C13H25N3O3/c1-3-15(10-12(17)18)13(19)14-9-11(2)16-7-5-4-6-8-16/h11H,3-10H2,1-2H3,(H,14,19)(H,17,18). The molecular weight excluding hydrogens is 246 g/mol. The van der Waals surface area contributed by atoms with Crippen molar-refractivity contribution in [3.8, 4) is 0 Å². The van der Waals surface area contributed by atoms with Crippen LogP contribution in [0, 0.1) is 0 Å². The lowest BCUT2D eigenvalue weighted by Gasteiger charge is -2.32. The first-order chi connectivity index (χ1) is 9.04. The quantitative estimate of drug-likeness (QED) is 0.755. The minimum Gasteiger partial charge on any atom is -0.480 e. The SMILES string of the molecule is CCN(CC(=O)O)C(=O)NCC(C)N1CCCCC1. The number of hydrogen-bond donors (Lipinski definition) is 2. The largest absolute Gasteiger partial charge is 0.480 e. The van der Waals surface area contributed by atoms with Gasteiger partial charge < -0.3 is 15.3 Å². The number of likely N-dealkylation sites (N-methyl/N-ethyl adjacent to an activating group) is 1. The number of nitrogens with zero attached hydrogens (tertiary/aromatic N) is 2. The Kier molecular flexibility index (Phi) is 6.62. The highest BCUT2D eigenvalue weighted by molar-refractivity contribution is 5.80. The first-order valence-electron chi connectivity index (χ1n) is 7.03. The molecule has 19 heavy (non-hydrogen) atoms. The molecule has 6 heteroatoms. The molecule has 0 saturated carbocycles. The Hall–Kier alpha value is -1.30. The van der Waals surface area contributed by atoms with E-state index in [2.05, 4.69) is 17.1 Å². The van der Waals surface area contributed by atoms with E-state index in [1.165, 1.54) is 24.2 Å². The van der Waals surface area contributed by atoms with E-state index in [9.17, 15) is 9.59 Å². The summed E-state index contributed by atoms with van der Waals surface area (Å²) in [6, 6.07) is 0.00143. The summed E-state index contributed by atoms with van der Waals surface area (Å²) >= 11 is 0. The number of aliphatic carboxylic acids is 1. The zero-order valence-electron chi connectivity index (χ0n) is 11.9. The van der Waals surface area contributed by atoms with Crippen LogP contribution in [-0.2, 0) is 4.79 Å². The number of rotatable bonds is 6. The molecule has 0 aromatic rings. The minimum atomic E-state index is -0.985. The lowest BCUT2D eigenvalue weighted by atomic mass is 10.1. The van der Waals surface area contributed by atoms with Crippen LogP contribution in [-0.4, -0.2) is 65.7 Å². The number of carboxylic acids is 1. The van der Waals surface area contributed by atoms with E-state index in [-0.39, 0.29) is 12.6 Å². The molecule has 0 aromatic heterocycles. The fourth-order valence-electron chi connectivity index (χ4n) is 2.33. The number of carbonyl (C=O) groups excluding carboxylic acids is 1. The van der Waals surface area contributed by atoms with Crippen molar-refractivity contribution in [3.63, 3.8) is 0 Å². The van der Waals surface area contributed by atoms with Gasteiger partial charge in [-0.3, -0.25) is 9.69 Å². The zero-order chi connectivity index (χ0) is 14.3. The second-order valence-corrected chi connectivity index (χ2v) is 5.04. The second-order valence-electron chi connectivity index (χ2n) is 5.04. The van der Waals surface area contributed by atoms with Gasteiger partial charge in [-0.2, -0.15) is 0 Å². The molecule has 2 N–H and O–H groups in total. The Bertz CT molecular complexity index is 304. The van der Waals surface area contributed by atoms with Gasteiger partial charge in [0.2, 0.25) is 0 Å². The molecule has 1 atom stereocenters. The fourth-order valence-corrected chi connectivity index (χ4v) is 2.33. The summed E-state index contributed by atoms with van der Waals surface area (Å²) in [5.41, 5.74) is 0. The van der Waals surface area contributed by atoms with Gasteiger partial charge in [0, 0.05) is 19.1 Å². The van der Waals surface area contributed by atoms with Gasteiger partial charge in [-0.15, -0.1) is 0 Å². The van der Waals surface area contributed by atoms with Crippen LogP contribution < -0.4 is 5.32 Å². The molecule has 1 fully saturated rings. The lowest BCUT2D eigenvalue weighted by Crippen LogP contribution is -2.48. The first kappa shape index (κ1) is 15.8. The Balaban J connectivity index is 2.33. The maximum absolute atomic E-state index is 11.8. The van der Waals surface area contributed by atoms with Gasteiger partial charge in [0.25, 0.3) is 0 Å². The average Bonchev–Trinajstić information content (AvgIpc) is 2.42. The number of carbonyl (C=O) groups is 2. The molecule has 0 aromatic carbocycles. The first-order valence-corrected chi connectivity index (χ1v) is 7.03. The number of carboxylic acid groups (broad SMARTS) is 1. The van der Waals surface area contributed by atoms with Crippen LogP contribution in [0.2, 0.25) is 0 Å². The third kappa shape index (κ3) is 5.46. The topological polar surface area (TPSA) is 72.9 Å². The molecule has 1 rings (SSSR count). The van der Waals surface area contributed by atoms with E-state index < -0.39 is 5.97 Å². The van der Waals surface area contributed by atoms with Crippen molar-refractivity contribution in [1.29, 1.82) is 0 Å². The summed E-state index contributed by atoms with van der Waals surface area (Å²) < 4.78 is 0. The normalized spacial score (nSPS) is 17.8. The van der Waals surface area contributed by atoms with Crippen molar-refractivity contribution in [2.24, 2.45) is 0 Å². The van der Waals surface area contributed by atoms with E-state index in [4.69, 9.17) is 5.11 Å². The minimum absolute atomic E-state index is 0.250. The van der Waals surface area contributed by atoms with Crippen LogP contribution in [0.4, 0.5) is 4.79 Å². The van der Waals surface area contributed by atoms with Crippen LogP contribution >= 0.6 is 0 Å². The van der Waals surface area contributed by atoms with Crippen molar-refractivity contribution < 1.29 is 14.7 Å². The van der Waals surface area contributed by atoms with Gasteiger partial charge in [0.1, 0.15) is 6.54 Å². The van der Waals surface area contributed by atoms with Crippen LogP contribution in [0.3, 0.4) is 0 Å². The lowest BCUT2D eigenvalue weighted by molar-refractivity contribution is -0.137. The highest BCUT2D eigenvalue weighted by Crippen LogP contribution is 2.11. The maximum Gasteiger partial charge on any atom is 0.323 e. The van der Waals surface area contributed by atoms with E-state index in [1.54, 1.807) is 6.92 Å². The van der Waals surface area contributed by atoms with Crippen molar-refractivity contribution >= 4 is 12.0 Å². The number of likely N-dealkylation sites (tertiary alicyclic amines) is 1. The van der Waals surface area contributed by atoms with Crippen molar-refractivity contribution in [1.82, 2.24) is 15.1 Å². The van der Waals surface area contributed by atoms with Crippen molar-refractivity contribution in [2.45, 2.75) is 39.2 Å². The highest BCUT2D eigenvalue weighted by Gasteiger charge is 2.19. The molecule has 0 bridgehead atoms. The summed E-state index contributed by atoms with van der Waals surface area (Å²) in [5, 5.41) is 11.5. The van der Waals surface area contributed by atoms with Crippen molar-refractivity contribution in [2.75, 3.05) is 32.7 Å². The van der Waals surface area contributed by atoms with Gasteiger partial charge in [0.05, 0.1) is 0 Å². The molecule has 0 spiro atoms. The number of piperidine rings is 1. The number of nitrogens with one attached hydrogen (secondary N) is 1. The summed E-state index contributed by atoms with van der Waals surface area (Å²) in [4.78, 5) is 26.1. The predicted octanol–water partition coefficient (Wildman–Crippen LogP) is 0.977. The molecule has 1 saturated heterocycles. The van der Waals surface area contributed by atoms with Crippen LogP contribution in [0.25, 0.3) is 0 Å². The summed E-state index contributed by atoms with van der Waals surface area (Å²) in [6.45, 7) is 6.76. The van der Waals surface area contributed by atoms with Gasteiger partial charge in [-0.1, -0.05) is 6.42 Å². The Morgan fingerprint density at radius 3 is 2.47 bits per heavy atom. The number of urea groups is 1. The van der Waals surface area contributed by atoms with E-state index in [0.717, 1.165) is 13.1 Å². The molecule has 1 heterocycles. The summed E-state index contributed by atoms with van der Waals surface area (Å²) in [5.74, 6) is -0.985. The zero-order valence-corrected chi connectivity index (χ0v) is 11.9. The van der Waals surface area contributed by atoms with Crippen LogP contribution in [0.15, 0.2) is 0 Å². The highest BCUT2D eigenvalue weighted by atomic mass is 16.4. The molecule has 110 valence electrons. The predicted molar refractivity (Wildman–Crippen MR) is 73.2 cm³/mol. The smallest absolute Gasteiger partial charge is 0.323 e. The average molecular weight is 271 g/mol. The Morgan fingerprint density at radius 2 is 1.95 bits per heavy atom. The van der Waals surface area contributed by atoms with Gasteiger partial charge in [-0.25, -0.2) is 4.79 Å². The maximum atomic E-state index is 11.8. The summed E-state index contributed by atoms with van der Waals surface area (Å²) in [7, 11) is 0. The molecule has 1 aliphatic heterocycles. The van der Waals surface area contributed by atoms with E-state index in [0.29, 0.717) is 19.1 Å². The van der Waals surface area contributed by atoms with Crippen LogP contribution in [0.1, 0.15) is 33.1 Å². The molecule has 1 unspecified atom stereocenters. The van der Waals surface area contributed by atoms with Gasteiger partial charge in [0.15, 0.2) is 0 Å². The molecule has 0 aliphatic carbocycles.